The number of aliphatic imine (C=N–C) groups is 1. The lowest BCUT2D eigenvalue weighted by atomic mass is 10.6. The van der Waals surface area contributed by atoms with Crippen LogP contribution in [0.4, 0.5) is 0 Å². The van der Waals surface area contributed by atoms with Gasteiger partial charge < -0.3 is 10.1 Å². The van der Waals surface area contributed by atoms with Crippen molar-refractivity contribution in [3.05, 3.63) is 12.2 Å². The zero-order chi connectivity index (χ0) is 10.9. The van der Waals surface area contributed by atoms with E-state index in [-0.39, 0.29) is 0 Å². The SMILES string of the molecule is COCCNC(=NCc1ncn[nH]1)NN. The second-order valence-electron chi connectivity index (χ2n) is 2.66. The van der Waals surface area contributed by atoms with Gasteiger partial charge in [-0.2, -0.15) is 5.10 Å². The van der Waals surface area contributed by atoms with Crippen molar-refractivity contribution < 1.29 is 4.74 Å². The van der Waals surface area contributed by atoms with Gasteiger partial charge in [-0.1, -0.05) is 0 Å². The number of nitrogens with one attached hydrogen (secondary N) is 3. The highest BCUT2D eigenvalue weighted by Crippen LogP contribution is 1.87. The number of aromatic amines is 1. The van der Waals surface area contributed by atoms with Gasteiger partial charge in [0.25, 0.3) is 0 Å². The molecule has 8 nitrogen and oxygen atoms in total. The maximum atomic E-state index is 5.26. The minimum Gasteiger partial charge on any atom is -0.383 e. The van der Waals surface area contributed by atoms with Crippen molar-refractivity contribution in [1.29, 1.82) is 0 Å². The molecule has 0 fully saturated rings. The number of nitrogens with zero attached hydrogens (tertiary/aromatic N) is 3. The molecule has 0 saturated carbocycles. The van der Waals surface area contributed by atoms with E-state index in [9.17, 15) is 0 Å². The largest absolute Gasteiger partial charge is 0.383 e. The van der Waals surface area contributed by atoms with Crippen molar-refractivity contribution in [2.75, 3.05) is 20.3 Å². The lowest BCUT2D eigenvalue weighted by Gasteiger charge is -2.07. The Morgan fingerprint density at radius 1 is 1.73 bits per heavy atom. The molecule has 84 valence electrons. The van der Waals surface area contributed by atoms with Gasteiger partial charge >= 0.3 is 0 Å². The normalized spacial score (nSPS) is 11.5. The van der Waals surface area contributed by atoms with Crippen LogP contribution in [0.2, 0.25) is 0 Å². The van der Waals surface area contributed by atoms with Crippen LogP contribution in [0.5, 0.6) is 0 Å². The van der Waals surface area contributed by atoms with Crippen LogP contribution >= 0.6 is 0 Å². The first kappa shape index (κ1) is 11.4. The molecular weight excluding hydrogens is 198 g/mol. The Morgan fingerprint density at radius 2 is 2.60 bits per heavy atom. The average Bonchev–Trinajstić information content (AvgIpc) is 2.76. The van der Waals surface area contributed by atoms with Crippen LogP contribution in [-0.2, 0) is 11.3 Å². The quantitative estimate of drug-likeness (QED) is 0.153. The molecule has 1 aromatic rings. The van der Waals surface area contributed by atoms with E-state index in [0.29, 0.717) is 31.5 Å². The number of hydrogen-bond acceptors (Lipinski definition) is 5. The molecule has 0 aliphatic heterocycles. The lowest BCUT2D eigenvalue weighted by Crippen LogP contribution is -2.42. The third kappa shape index (κ3) is 4.38. The second kappa shape index (κ2) is 6.74. The molecule has 0 atom stereocenters. The number of hydrogen-bond donors (Lipinski definition) is 4. The predicted octanol–water partition coefficient (Wildman–Crippen LogP) is -1.64. The van der Waals surface area contributed by atoms with Gasteiger partial charge in [-0.25, -0.2) is 15.8 Å². The topological polar surface area (TPSA) is 113 Å². The maximum absolute atomic E-state index is 5.26. The van der Waals surface area contributed by atoms with Gasteiger partial charge in [0.2, 0.25) is 5.96 Å². The molecule has 0 unspecified atom stereocenters. The van der Waals surface area contributed by atoms with Crippen molar-refractivity contribution >= 4 is 5.96 Å². The molecule has 1 heterocycles. The molecule has 1 aromatic heterocycles. The smallest absolute Gasteiger partial charge is 0.206 e. The van der Waals surface area contributed by atoms with Crippen LogP contribution in [0.25, 0.3) is 0 Å². The number of ether oxygens (including phenoxy) is 1. The van der Waals surface area contributed by atoms with Gasteiger partial charge in [-0.15, -0.1) is 0 Å². The minimum absolute atomic E-state index is 0.388. The van der Waals surface area contributed by atoms with Gasteiger partial charge in [0, 0.05) is 13.7 Å². The molecule has 1 rings (SSSR count). The Morgan fingerprint density at radius 3 is 3.20 bits per heavy atom. The summed E-state index contributed by atoms with van der Waals surface area (Å²) >= 11 is 0. The fourth-order valence-electron chi connectivity index (χ4n) is 0.885. The lowest BCUT2D eigenvalue weighted by molar-refractivity contribution is 0.203. The first-order valence-corrected chi connectivity index (χ1v) is 4.45. The molecular formula is C7H15N7O. The summed E-state index contributed by atoms with van der Waals surface area (Å²) in [6.07, 6.45) is 1.43. The number of rotatable bonds is 5. The van der Waals surface area contributed by atoms with E-state index in [4.69, 9.17) is 10.6 Å². The molecule has 0 aliphatic rings. The van der Waals surface area contributed by atoms with Crippen LogP contribution in [-0.4, -0.2) is 41.4 Å². The number of aromatic nitrogens is 3. The summed E-state index contributed by atoms with van der Waals surface area (Å²) in [7, 11) is 1.63. The molecule has 5 N–H and O–H groups in total. The summed E-state index contributed by atoms with van der Waals surface area (Å²) in [5.41, 5.74) is 2.44. The highest BCUT2D eigenvalue weighted by Gasteiger charge is 1.96. The summed E-state index contributed by atoms with van der Waals surface area (Å²) in [4.78, 5) is 8.06. The summed E-state index contributed by atoms with van der Waals surface area (Å²) in [6, 6.07) is 0. The van der Waals surface area contributed by atoms with Crippen LogP contribution in [0, 0.1) is 0 Å². The first-order chi connectivity index (χ1) is 7.36. The number of hydrazine groups is 1. The van der Waals surface area contributed by atoms with E-state index in [1.807, 2.05) is 0 Å². The fraction of sp³-hybridized carbons (Fsp3) is 0.571. The van der Waals surface area contributed by atoms with Crippen molar-refractivity contribution in [2.24, 2.45) is 10.8 Å². The number of methoxy groups -OCH3 is 1. The standard InChI is InChI=1S/C7H15N7O/c1-15-3-2-9-7(13-8)10-4-6-11-5-12-14-6/h5H,2-4,8H2,1H3,(H2,9,10,13)(H,11,12,14). The Labute approximate surface area is 87.3 Å². The van der Waals surface area contributed by atoms with Gasteiger partial charge in [0.15, 0.2) is 0 Å². The van der Waals surface area contributed by atoms with Crippen molar-refractivity contribution in [1.82, 2.24) is 25.9 Å². The van der Waals surface area contributed by atoms with E-state index in [0.717, 1.165) is 0 Å². The molecule has 0 aliphatic carbocycles. The van der Waals surface area contributed by atoms with Crippen molar-refractivity contribution in [3.63, 3.8) is 0 Å². The van der Waals surface area contributed by atoms with Crippen LogP contribution in [0.1, 0.15) is 5.82 Å². The van der Waals surface area contributed by atoms with E-state index in [1.165, 1.54) is 6.33 Å². The maximum Gasteiger partial charge on any atom is 0.206 e. The zero-order valence-electron chi connectivity index (χ0n) is 8.53. The average molecular weight is 213 g/mol. The third-order valence-corrected chi connectivity index (χ3v) is 1.59. The van der Waals surface area contributed by atoms with E-state index >= 15 is 0 Å². The summed E-state index contributed by atoms with van der Waals surface area (Å²) in [6.45, 7) is 1.61. The Kier molecular flexibility index (Phi) is 5.12. The minimum atomic E-state index is 0.388. The molecule has 15 heavy (non-hydrogen) atoms. The summed E-state index contributed by atoms with van der Waals surface area (Å²) < 4.78 is 4.87. The van der Waals surface area contributed by atoms with Gasteiger partial charge in [-0.05, 0) is 0 Å². The highest BCUT2D eigenvalue weighted by molar-refractivity contribution is 5.79. The Balaban J connectivity index is 2.33. The molecule has 0 spiro atoms. The Hall–Kier alpha value is -1.67. The van der Waals surface area contributed by atoms with Crippen molar-refractivity contribution in [2.45, 2.75) is 6.54 Å². The molecule has 0 amide bonds. The Bertz CT molecular complexity index is 284. The van der Waals surface area contributed by atoms with E-state index in [1.54, 1.807) is 7.11 Å². The number of H-pyrrole nitrogens is 1. The van der Waals surface area contributed by atoms with Crippen LogP contribution in [0.3, 0.4) is 0 Å². The van der Waals surface area contributed by atoms with E-state index in [2.05, 4.69) is 30.9 Å². The van der Waals surface area contributed by atoms with Gasteiger partial charge in [-0.3, -0.25) is 10.5 Å². The second-order valence-corrected chi connectivity index (χ2v) is 2.66. The molecule has 0 aromatic carbocycles. The fourth-order valence-corrected chi connectivity index (χ4v) is 0.885. The third-order valence-electron chi connectivity index (χ3n) is 1.59. The predicted molar refractivity (Wildman–Crippen MR) is 54.7 cm³/mol. The first-order valence-electron chi connectivity index (χ1n) is 4.45. The van der Waals surface area contributed by atoms with Gasteiger partial charge in [0.05, 0.1) is 6.61 Å². The molecule has 0 bridgehead atoms. The summed E-state index contributed by atoms with van der Waals surface area (Å²) in [5.74, 6) is 6.43. The molecule has 8 heteroatoms. The summed E-state index contributed by atoms with van der Waals surface area (Å²) in [5, 5.41) is 9.36. The van der Waals surface area contributed by atoms with Crippen molar-refractivity contribution in [3.8, 4) is 0 Å². The van der Waals surface area contributed by atoms with Crippen LogP contribution in [0.15, 0.2) is 11.3 Å². The number of guanidine groups is 1. The monoisotopic (exact) mass is 213 g/mol. The highest BCUT2D eigenvalue weighted by atomic mass is 16.5. The molecule has 0 radical (unpaired) electrons. The zero-order valence-corrected chi connectivity index (χ0v) is 8.53. The van der Waals surface area contributed by atoms with E-state index < -0.39 is 0 Å². The number of nitrogens with two attached hydrogens (primary N) is 1. The van der Waals surface area contributed by atoms with Crippen LogP contribution < -0.4 is 16.6 Å². The molecule has 0 saturated heterocycles. The van der Waals surface area contributed by atoms with Gasteiger partial charge in [0.1, 0.15) is 18.7 Å².